The molecule has 0 unspecified atom stereocenters. The molecule has 1 aliphatic rings. The monoisotopic (exact) mass is 340 g/mol. The van der Waals surface area contributed by atoms with Gasteiger partial charge in [0.25, 0.3) is 0 Å². The quantitative estimate of drug-likeness (QED) is 0.706. The summed E-state index contributed by atoms with van der Waals surface area (Å²) >= 11 is 0. The Hall–Kier alpha value is -1.68. The van der Waals surface area contributed by atoms with Crippen LogP contribution in [0.3, 0.4) is 0 Å². The average Bonchev–Trinajstić information content (AvgIpc) is 3.10. The highest BCUT2D eigenvalue weighted by atomic mass is 16.7. The molecule has 3 nitrogen and oxygen atoms in total. The molecule has 0 aromatic heterocycles. The lowest BCUT2D eigenvalue weighted by atomic mass is 9.98. The predicted molar refractivity (Wildman–Crippen MR) is 99.1 cm³/mol. The van der Waals surface area contributed by atoms with Crippen LogP contribution in [0.4, 0.5) is 0 Å². The van der Waals surface area contributed by atoms with Gasteiger partial charge >= 0.3 is 0 Å². The summed E-state index contributed by atoms with van der Waals surface area (Å²) in [6, 6.07) is 20.2. The minimum Gasteiger partial charge on any atom is -0.385 e. The normalized spacial score (nSPS) is 23.5. The molecule has 1 fully saturated rings. The number of hydrogen-bond acceptors (Lipinski definition) is 3. The first-order chi connectivity index (χ1) is 12.1. The lowest BCUT2D eigenvalue weighted by Gasteiger charge is -2.28. The molecular weight excluding hydrogens is 312 g/mol. The molecule has 1 heterocycles. The van der Waals surface area contributed by atoms with Crippen molar-refractivity contribution in [1.82, 2.24) is 0 Å². The van der Waals surface area contributed by atoms with E-state index in [0.29, 0.717) is 6.42 Å². The number of unbranched alkanes of at least 4 members (excludes halogenated alkanes) is 2. The van der Waals surface area contributed by atoms with Crippen LogP contribution < -0.4 is 0 Å². The van der Waals surface area contributed by atoms with Crippen LogP contribution >= 0.6 is 0 Å². The van der Waals surface area contributed by atoms with Gasteiger partial charge in [-0.15, -0.1) is 0 Å². The number of benzene rings is 2. The number of ether oxygens (including phenoxy) is 2. The zero-order valence-electron chi connectivity index (χ0n) is 15.1. The fourth-order valence-electron chi connectivity index (χ4n) is 3.38. The standard InChI is InChI=1S/C22H28O3/c1-3-4-11-16-22(2,23)21-24-19(17-12-7-5-8-13-17)20(25-21)18-14-9-6-10-15-18/h5-10,12-15,19-21,23H,3-4,11,16H2,1-2H3/t19-,20-,22+/m1/s1. The van der Waals surface area contributed by atoms with E-state index in [-0.39, 0.29) is 12.2 Å². The highest BCUT2D eigenvalue weighted by molar-refractivity contribution is 5.26. The molecule has 1 saturated heterocycles. The summed E-state index contributed by atoms with van der Waals surface area (Å²) in [5.74, 6) is 0. The third-order valence-corrected chi connectivity index (χ3v) is 4.87. The second-order valence-corrected chi connectivity index (χ2v) is 7.08. The van der Waals surface area contributed by atoms with Crippen molar-refractivity contribution >= 4 is 0 Å². The number of aliphatic hydroxyl groups is 1. The van der Waals surface area contributed by atoms with E-state index in [9.17, 15) is 5.11 Å². The van der Waals surface area contributed by atoms with E-state index in [1.807, 2.05) is 43.3 Å². The summed E-state index contributed by atoms with van der Waals surface area (Å²) in [7, 11) is 0. The molecule has 134 valence electrons. The van der Waals surface area contributed by atoms with E-state index < -0.39 is 11.9 Å². The maximum Gasteiger partial charge on any atom is 0.187 e. The molecule has 0 saturated carbocycles. The summed E-state index contributed by atoms with van der Waals surface area (Å²) in [6.07, 6.45) is 2.82. The van der Waals surface area contributed by atoms with Crippen molar-refractivity contribution in [3.63, 3.8) is 0 Å². The highest BCUT2D eigenvalue weighted by Gasteiger charge is 2.46. The van der Waals surface area contributed by atoms with Gasteiger partial charge in [0.1, 0.15) is 17.8 Å². The van der Waals surface area contributed by atoms with E-state index in [1.165, 1.54) is 0 Å². The van der Waals surface area contributed by atoms with Gasteiger partial charge < -0.3 is 14.6 Å². The van der Waals surface area contributed by atoms with Crippen LogP contribution in [0.15, 0.2) is 60.7 Å². The second-order valence-electron chi connectivity index (χ2n) is 7.08. The van der Waals surface area contributed by atoms with Crippen molar-refractivity contribution in [2.24, 2.45) is 0 Å². The summed E-state index contributed by atoms with van der Waals surface area (Å²) in [4.78, 5) is 0. The summed E-state index contributed by atoms with van der Waals surface area (Å²) in [5, 5.41) is 10.9. The van der Waals surface area contributed by atoms with Crippen molar-refractivity contribution in [3.05, 3.63) is 71.8 Å². The van der Waals surface area contributed by atoms with Gasteiger partial charge in [-0.25, -0.2) is 0 Å². The third kappa shape index (κ3) is 4.30. The largest absolute Gasteiger partial charge is 0.385 e. The molecule has 2 aromatic rings. The highest BCUT2D eigenvalue weighted by Crippen LogP contribution is 2.45. The third-order valence-electron chi connectivity index (χ3n) is 4.87. The van der Waals surface area contributed by atoms with Gasteiger partial charge in [0, 0.05) is 0 Å². The molecule has 0 radical (unpaired) electrons. The minimum atomic E-state index is -0.994. The van der Waals surface area contributed by atoms with Crippen LogP contribution in [0.5, 0.6) is 0 Å². The number of rotatable bonds is 7. The Bertz CT molecular complexity index is 591. The lowest BCUT2D eigenvalue weighted by Crippen LogP contribution is -2.40. The fraction of sp³-hybridized carbons (Fsp3) is 0.455. The Balaban J connectivity index is 1.83. The van der Waals surface area contributed by atoms with Gasteiger partial charge in [-0.05, 0) is 24.5 Å². The Morgan fingerprint density at radius 2 is 1.32 bits per heavy atom. The molecule has 3 rings (SSSR count). The van der Waals surface area contributed by atoms with E-state index in [0.717, 1.165) is 30.4 Å². The smallest absolute Gasteiger partial charge is 0.187 e. The van der Waals surface area contributed by atoms with Crippen LogP contribution in [0.1, 0.15) is 62.9 Å². The van der Waals surface area contributed by atoms with Crippen LogP contribution in [-0.4, -0.2) is 17.0 Å². The summed E-state index contributed by atoms with van der Waals surface area (Å²) in [6.45, 7) is 3.98. The Kier molecular flexibility index (Phi) is 5.89. The molecular formula is C22H28O3. The molecule has 0 bridgehead atoms. The summed E-state index contributed by atoms with van der Waals surface area (Å²) in [5.41, 5.74) is 1.15. The maximum absolute atomic E-state index is 10.9. The second kappa shape index (κ2) is 8.13. The fourth-order valence-corrected chi connectivity index (χ4v) is 3.38. The predicted octanol–water partition coefficient (Wildman–Crippen LogP) is 5.17. The number of hydrogen-bond donors (Lipinski definition) is 1. The first-order valence-electron chi connectivity index (χ1n) is 9.25. The lowest BCUT2D eigenvalue weighted by molar-refractivity contribution is -0.189. The molecule has 2 aromatic carbocycles. The zero-order chi connectivity index (χ0) is 17.7. The minimum absolute atomic E-state index is 0.216. The Morgan fingerprint density at radius 3 is 1.76 bits per heavy atom. The van der Waals surface area contributed by atoms with Crippen molar-refractivity contribution in [3.8, 4) is 0 Å². The Morgan fingerprint density at radius 1 is 0.840 bits per heavy atom. The molecule has 0 amide bonds. The van der Waals surface area contributed by atoms with Crippen LogP contribution in [0.2, 0.25) is 0 Å². The van der Waals surface area contributed by atoms with Crippen molar-refractivity contribution in [1.29, 1.82) is 0 Å². The SMILES string of the molecule is CCCCC[C@](C)(O)C1O[C@H](c2ccccc2)[C@@H](c2ccccc2)O1. The Labute approximate surface area is 150 Å². The molecule has 1 aliphatic heterocycles. The van der Waals surface area contributed by atoms with Crippen LogP contribution in [-0.2, 0) is 9.47 Å². The van der Waals surface area contributed by atoms with E-state index in [2.05, 4.69) is 31.2 Å². The van der Waals surface area contributed by atoms with E-state index >= 15 is 0 Å². The topological polar surface area (TPSA) is 38.7 Å². The van der Waals surface area contributed by atoms with Gasteiger partial charge in [-0.3, -0.25) is 0 Å². The van der Waals surface area contributed by atoms with Crippen molar-refractivity contribution in [2.45, 2.75) is 63.6 Å². The van der Waals surface area contributed by atoms with Gasteiger partial charge in [0.15, 0.2) is 6.29 Å². The average molecular weight is 340 g/mol. The van der Waals surface area contributed by atoms with Gasteiger partial charge in [-0.2, -0.15) is 0 Å². The van der Waals surface area contributed by atoms with Crippen LogP contribution in [0.25, 0.3) is 0 Å². The van der Waals surface area contributed by atoms with E-state index in [4.69, 9.17) is 9.47 Å². The van der Waals surface area contributed by atoms with Gasteiger partial charge in [0.2, 0.25) is 0 Å². The first-order valence-corrected chi connectivity index (χ1v) is 9.25. The molecule has 25 heavy (non-hydrogen) atoms. The van der Waals surface area contributed by atoms with Gasteiger partial charge in [0.05, 0.1) is 0 Å². The first kappa shape index (κ1) is 18.1. The van der Waals surface area contributed by atoms with Crippen molar-refractivity contribution in [2.75, 3.05) is 0 Å². The molecule has 3 heteroatoms. The van der Waals surface area contributed by atoms with Gasteiger partial charge in [-0.1, -0.05) is 86.8 Å². The van der Waals surface area contributed by atoms with Crippen molar-refractivity contribution < 1.29 is 14.6 Å². The van der Waals surface area contributed by atoms with E-state index in [1.54, 1.807) is 0 Å². The molecule has 0 spiro atoms. The molecule has 3 atom stereocenters. The summed E-state index contributed by atoms with van der Waals surface area (Å²) < 4.78 is 12.5. The molecule has 1 N–H and O–H groups in total. The molecule has 0 aliphatic carbocycles. The van der Waals surface area contributed by atoms with Crippen LogP contribution in [0, 0.1) is 0 Å². The zero-order valence-corrected chi connectivity index (χ0v) is 15.1. The maximum atomic E-state index is 10.9.